The SMILES string of the molecule is Fc1[c-]c(F)c(-n2cccc2)c(C2=CC=CC2)c1C1=CC=CC1.[Ti]. The second kappa shape index (κ2) is 6.88. The zero-order chi connectivity index (χ0) is 15.8. The first-order valence-electron chi connectivity index (χ1n) is 7.55. The summed E-state index contributed by atoms with van der Waals surface area (Å²) >= 11 is 0. The van der Waals surface area contributed by atoms with Crippen LogP contribution in [0.25, 0.3) is 16.8 Å². The van der Waals surface area contributed by atoms with Gasteiger partial charge < -0.3 is 4.57 Å². The van der Waals surface area contributed by atoms with E-state index in [1.807, 2.05) is 48.6 Å². The van der Waals surface area contributed by atoms with Gasteiger partial charge in [-0.25, -0.2) is 8.78 Å². The fourth-order valence-electron chi connectivity index (χ4n) is 3.16. The van der Waals surface area contributed by atoms with Crippen LogP contribution in [0.4, 0.5) is 8.78 Å². The largest absolute Gasteiger partial charge is 0.374 e. The topological polar surface area (TPSA) is 4.93 Å². The van der Waals surface area contributed by atoms with E-state index in [1.54, 1.807) is 17.0 Å². The van der Waals surface area contributed by atoms with Gasteiger partial charge in [0.25, 0.3) is 0 Å². The molecular weight excluding hydrogens is 340 g/mol. The van der Waals surface area contributed by atoms with Crippen molar-refractivity contribution in [2.45, 2.75) is 12.8 Å². The predicted octanol–water partition coefficient (Wildman–Crippen LogP) is 5.24. The van der Waals surface area contributed by atoms with Crippen molar-refractivity contribution in [3.05, 3.63) is 89.8 Å². The van der Waals surface area contributed by atoms with Gasteiger partial charge in [-0.15, -0.1) is 6.07 Å². The Labute approximate surface area is 154 Å². The van der Waals surface area contributed by atoms with Crippen LogP contribution in [0.2, 0.25) is 0 Å². The number of benzene rings is 1. The molecule has 118 valence electrons. The molecule has 4 rings (SSSR count). The van der Waals surface area contributed by atoms with Crippen LogP contribution < -0.4 is 0 Å². The number of hydrogen-bond acceptors (Lipinski definition) is 0. The Bertz CT molecular complexity index is 887. The minimum atomic E-state index is -0.670. The molecule has 2 aliphatic rings. The van der Waals surface area contributed by atoms with E-state index in [1.165, 1.54) is 0 Å². The number of nitrogens with zero attached hydrogens (tertiary/aromatic N) is 1. The van der Waals surface area contributed by atoms with Gasteiger partial charge in [0.05, 0.1) is 0 Å². The van der Waals surface area contributed by atoms with Gasteiger partial charge in [0.2, 0.25) is 0 Å². The van der Waals surface area contributed by atoms with E-state index in [9.17, 15) is 8.78 Å². The van der Waals surface area contributed by atoms with Crippen molar-refractivity contribution in [3.63, 3.8) is 0 Å². The Balaban J connectivity index is 0.00000169. The molecule has 0 N–H and O–H groups in total. The molecule has 0 aliphatic heterocycles. The fourth-order valence-corrected chi connectivity index (χ4v) is 3.16. The zero-order valence-corrected chi connectivity index (χ0v) is 14.5. The summed E-state index contributed by atoms with van der Waals surface area (Å²) in [6.45, 7) is 0. The van der Waals surface area contributed by atoms with Crippen molar-refractivity contribution in [2.75, 3.05) is 0 Å². The number of hydrogen-bond donors (Lipinski definition) is 0. The molecule has 0 radical (unpaired) electrons. The van der Waals surface area contributed by atoms with Crippen LogP contribution >= 0.6 is 0 Å². The van der Waals surface area contributed by atoms with Crippen molar-refractivity contribution < 1.29 is 30.5 Å². The van der Waals surface area contributed by atoms with Gasteiger partial charge in [-0.3, -0.25) is 0 Å². The van der Waals surface area contributed by atoms with Crippen LogP contribution in [-0.2, 0) is 21.7 Å². The number of allylic oxidation sites excluding steroid dienone is 8. The average molecular weight is 354 g/mol. The van der Waals surface area contributed by atoms with Crippen LogP contribution in [0.15, 0.2) is 61.0 Å². The van der Waals surface area contributed by atoms with Gasteiger partial charge in [0.1, 0.15) is 0 Å². The fraction of sp³-hybridized carbons (Fsp3) is 0.100. The van der Waals surface area contributed by atoms with Crippen LogP contribution in [0.3, 0.4) is 0 Å². The van der Waals surface area contributed by atoms with Crippen molar-refractivity contribution in [3.8, 4) is 5.69 Å². The first kappa shape index (κ1) is 16.9. The van der Waals surface area contributed by atoms with Crippen molar-refractivity contribution in [2.24, 2.45) is 0 Å². The summed E-state index contributed by atoms with van der Waals surface area (Å²) in [4.78, 5) is 0. The summed E-state index contributed by atoms with van der Waals surface area (Å²) in [6.07, 6.45) is 16.4. The summed E-state index contributed by atoms with van der Waals surface area (Å²) < 4.78 is 30.9. The Kier molecular flexibility index (Phi) is 4.84. The molecule has 2 aliphatic carbocycles. The molecule has 0 amide bonds. The van der Waals surface area contributed by atoms with Crippen molar-refractivity contribution in [1.29, 1.82) is 0 Å². The second-order valence-electron chi connectivity index (χ2n) is 5.59. The molecule has 4 heteroatoms. The third-order valence-corrected chi connectivity index (χ3v) is 4.18. The summed E-state index contributed by atoms with van der Waals surface area (Å²) in [5, 5.41) is 0. The molecule has 0 saturated carbocycles. The quantitative estimate of drug-likeness (QED) is 0.525. The Hall–Kier alpha value is -1.97. The molecule has 0 atom stereocenters. The Morgan fingerprint density at radius 1 is 0.833 bits per heavy atom. The van der Waals surface area contributed by atoms with Gasteiger partial charge in [-0.2, -0.15) is 0 Å². The van der Waals surface area contributed by atoms with Crippen molar-refractivity contribution in [1.82, 2.24) is 4.57 Å². The first-order valence-corrected chi connectivity index (χ1v) is 7.55. The van der Waals surface area contributed by atoms with Gasteiger partial charge in [0.15, 0.2) is 0 Å². The van der Waals surface area contributed by atoms with Gasteiger partial charge in [-0.1, -0.05) is 58.7 Å². The van der Waals surface area contributed by atoms with E-state index in [0.29, 0.717) is 29.7 Å². The normalized spacial score (nSPS) is 15.4. The molecular formula is C20H14F2NTi-. The van der Waals surface area contributed by atoms with E-state index in [-0.39, 0.29) is 21.7 Å². The third-order valence-electron chi connectivity index (χ3n) is 4.18. The van der Waals surface area contributed by atoms with Crippen molar-refractivity contribution >= 4 is 11.1 Å². The maximum atomic E-state index is 14.6. The Morgan fingerprint density at radius 3 is 1.96 bits per heavy atom. The molecule has 24 heavy (non-hydrogen) atoms. The van der Waals surface area contributed by atoms with E-state index < -0.39 is 11.6 Å². The van der Waals surface area contributed by atoms with Gasteiger partial charge >= 0.3 is 0 Å². The molecule has 1 aromatic carbocycles. The second-order valence-corrected chi connectivity index (χ2v) is 5.59. The molecule has 0 fully saturated rings. The zero-order valence-electron chi connectivity index (χ0n) is 12.9. The number of rotatable bonds is 3. The third kappa shape index (κ3) is 2.79. The van der Waals surface area contributed by atoms with E-state index >= 15 is 0 Å². The molecule has 0 bridgehead atoms. The molecule has 2 aromatic rings. The van der Waals surface area contributed by atoms with E-state index in [2.05, 4.69) is 6.07 Å². The standard InChI is InChI=1S/C20H14F2N.Ti/c21-16-13-17(22)20(23-11-5-6-12-23)19(15-9-3-4-10-15)18(16)14-7-1-2-8-14;/h1-7,9,11-12H,8,10H2;/q-1;. The molecule has 1 heterocycles. The maximum Gasteiger partial charge on any atom is 0.0374 e. The molecule has 0 spiro atoms. The molecule has 1 nitrogen and oxygen atoms in total. The number of halogens is 2. The molecule has 1 aromatic heterocycles. The van der Waals surface area contributed by atoms with Crippen LogP contribution in [-0.4, -0.2) is 4.57 Å². The predicted molar refractivity (Wildman–Crippen MR) is 88.0 cm³/mol. The summed E-state index contributed by atoms with van der Waals surface area (Å²) in [5.41, 5.74) is 3.21. The average Bonchev–Trinajstić information content (AvgIpc) is 3.29. The molecule has 0 unspecified atom stereocenters. The van der Waals surface area contributed by atoms with Crippen LogP contribution in [0.1, 0.15) is 24.0 Å². The van der Waals surface area contributed by atoms with Gasteiger partial charge in [-0.05, 0) is 43.1 Å². The smallest absolute Gasteiger partial charge is 0.0374 e. The van der Waals surface area contributed by atoms with Crippen LogP contribution in [0, 0.1) is 17.7 Å². The summed E-state index contributed by atoms with van der Waals surface area (Å²) in [6, 6.07) is 5.91. The monoisotopic (exact) mass is 354 g/mol. The minimum Gasteiger partial charge on any atom is -0.374 e. The Morgan fingerprint density at radius 2 is 1.42 bits per heavy atom. The maximum absolute atomic E-state index is 14.6. The molecule has 0 saturated heterocycles. The summed E-state index contributed by atoms with van der Waals surface area (Å²) in [5.74, 6) is -1.30. The summed E-state index contributed by atoms with van der Waals surface area (Å²) in [7, 11) is 0. The van der Waals surface area contributed by atoms with Crippen LogP contribution in [0.5, 0.6) is 0 Å². The minimum absolute atomic E-state index is 0. The van der Waals surface area contributed by atoms with E-state index in [4.69, 9.17) is 0 Å². The first-order chi connectivity index (χ1) is 11.3. The number of aromatic nitrogens is 1. The van der Waals surface area contributed by atoms with E-state index in [0.717, 1.165) is 11.1 Å². The van der Waals surface area contributed by atoms with Gasteiger partial charge in [0, 0.05) is 33.4 Å².